The number of urea groups is 1. The van der Waals surface area contributed by atoms with Crippen LogP contribution in [0.2, 0.25) is 5.02 Å². The van der Waals surface area contributed by atoms with E-state index >= 15 is 0 Å². The summed E-state index contributed by atoms with van der Waals surface area (Å²) in [5.74, 6) is -0.569. The number of amides is 3. The topological polar surface area (TPSA) is 87.7 Å². The van der Waals surface area contributed by atoms with E-state index in [9.17, 15) is 14.4 Å². The van der Waals surface area contributed by atoms with Crippen LogP contribution in [-0.2, 0) is 14.3 Å². The van der Waals surface area contributed by atoms with Gasteiger partial charge in [0, 0.05) is 10.7 Å². The summed E-state index contributed by atoms with van der Waals surface area (Å²) >= 11 is 6.08. The zero-order valence-corrected chi connectivity index (χ0v) is 17.9. The molecule has 2 N–H and O–H groups in total. The minimum absolute atomic E-state index is 0.0607. The predicted molar refractivity (Wildman–Crippen MR) is 117 cm³/mol. The molecule has 0 aliphatic carbocycles. The van der Waals surface area contributed by atoms with Crippen LogP contribution in [0.1, 0.15) is 36.9 Å². The number of hydrogen-bond acceptors (Lipinski definition) is 4. The lowest BCUT2D eigenvalue weighted by Gasteiger charge is -2.32. The van der Waals surface area contributed by atoms with Gasteiger partial charge in [-0.25, -0.2) is 9.59 Å². The first-order valence-electron chi connectivity index (χ1n) is 9.97. The maximum absolute atomic E-state index is 12.8. The van der Waals surface area contributed by atoms with E-state index in [1.807, 2.05) is 18.2 Å². The number of nitrogens with one attached hydrogen (secondary N) is 2. The molecule has 0 aromatic heterocycles. The molecule has 0 saturated heterocycles. The molecule has 0 unspecified atom stereocenters. The van der Waals surface area contributed by atoms with E-state index in [4.69, 9.17) is 16.3 Å². The molecule has 8 heteroatoms. The van der Waals surface area contributed by atoms with Crippen LogP contribution in [-0.4, -0.2) is 36.0 Å². The molecule has 2 aliphatic heterocycles. The molecule has 1 atom stereocenters. The molecular weight excluding hydrogens is 418 g/mol. The Bertz CT molecular complexity index is 1100. The highest BCUT2D eigenvalue weighted by molar-refractivity contribution is 6.30. The van der Waals surface area contributed by atoms with Crippen molar-refractivity contribution in [1.29, 1.82) is 0 Å². The third-order valence-corrected chi connectivity index (χ3v) is 5.55. The lowest BCUT2D eigenvalue weighted by molar-refractivity contribution is -0.136. The largest absolute Gasteiger partial charge is 0.456 e. The highest BCUT2D eigenvalue weighted by atomic mass is 35.5. The molecule has 7 nitrogen and oxygen atoms in total. The third kappa shape index (κ3) is 4.27. The van der Waals surface area contributed by atoms with Gasteiger partial charge in [-0.1, -0.05) is 49.7 Å². The smallest absolute Gasteiger partial charge is 0.338 e. The van der Waals surface area contributed by atoms with Gasteiger partial charge in [0.1, 0.15) is 13.2 Å². The van der Waals surface area contributed by atoms with Crippen molar-refractivity contribution >= 4 is 35.2 Å². The number of ether oxygens (including phenoxy) is 1. The van der Waals surface area contributed by atoms with Gasteiger partial charge in [0.2, 0.25) is 5.91 Å². The lowest BCUT2D eigenvalue weighted by atomic mass is 9.96. The number of halogens is 1. The van der Waals surface area contributed by atoms with Gasteiger partial charge in [0.05, 0.1) is 17.3 Å². The fraction of sp³-hybridized carbons (Fsp3) is 0.261. The average Bonchev–Trinajstić information content (AvgIpc) is 3.11. The average molecular weight is 440 g/mol. The van der Waals surface area contributed by atoms with Gasteiger partial charge in [-0.05, 0) is 41.3 Å². The Labute approximate surface area is 185 Å². The summed E-state index contributed by atoms with van der Waals surface area (Å²) in [6.07, 6.45) is 0. The molecule has 4 rings (SSSR count). The summed E-state index contributed by atoms with van der Waals surface area (Å²) in [6.45, 7) is 3.84. The molecule has 2 aliphatic rings. The van der Waals surface area contributed by atoms with Gasteiger partial charge in [0.25, 0.3) is 0 Å². The van der Waals surface area contributed by atoms with Crippen molar-refractivity contribution < 1.29 is 19.1 Å². The first kappa shape index (κ1) is 20.9. The molecule has 0 spiro atoms. The summed E-state index contributed by atoms with van der Waals surface area (Å²) in [7, 11) is 0. The van der Waals surface area contributed by atoms with E-state index in [0.29, 0.717) is 33.5 Å². The van der Waals surface area contributed by atoms with Gasteiger partial charge in [0.15, 0.2) is 0 Å². The van der Waals surface area contributed by atoms with Crippen LogP contribution >= 0.6 is 11.6 Å². The van der Waals surface area contributed by atoms with Crippen LogP contribution in [0.3, 0.4) is 0 Å². The highest BCUT2D eigenvalue weighted by Gasteiger charge is 2.42. The number of anilines is 1. The van der Waals surface area contributed by atoms with Gasteiger partial charge < -0.3 is 15.4 Å². The van der Waals surface area contributed by atoms with Crippen molar-refractivity contribution in [3.8, 4) is 0 Å². The number of cyclic esters (lactones) is 1. The van der Waals surface area contributed by atoms with Crippen LogP contribution in [0.25, 0.3) is 0 Å². The second-order valence-corrected chi connectivity index (χ2v) is 8.22. The van der Waals surface area contributed by atoms with Crippen molar-refractivity contribution in [3.05, 3.63) is 76.0 Å². The molecule has 0 bridgehead atoms. The summed E-state index contributed by atoms with van der Waals surface area (Å²) in [5.41, 5.74) is 3.12. The minimum Gasteiger partial charge on any atom is -0.456 e. The fourth-order valence-electron chi connectivity index (χ4n) is 3.73. The number of rotatable bonds is 5. The minimum atomic E-state index is -0.682. The fourth-order valence-corrected chi connectivity index (χ4v) is 3.93. The number of carbonyl (C=O) groups is 3. The molecule has 160 valence electrons. The summed E-state index contributed by atoms with van der Waals surface area (Å²) in [6, 6.07) is 13.3. The van der Waals surface area contributed by atoms with Crippen molar-refractivity contribution in [2.75, 3.05) is 18.5 Å². The first-order chi connectivity index (χ1) is 14.8. The van der Waals surface area contributed by atoms with E-state index in [1.54, 1.807) is 30.3 Å². The lowest BCUT2D eigenvalue weighted by Crippen LogP contribution is -2.49. The van der Waals surface area contributed by atoms with E-state index in [1.165, 1.54) is 4.90 Å². The molecule has 0 saturated carbocycles. The molecule has 2 aromatic rings. The molecule has 31 heavy (non-hydrogen) atoms. The molecule has 3 amide bonds. The van der Waals surface area contributed by atoms with Crippen molar-refractivity contribution in [2.45, 2.75) is 25.8 Å². The Morgan fingerprint density at radius 3 is 2.74 bits per heavy atom. The van der Waals surface area contributed by atoms with Crippen LogP contribution in [0, 0.1) is 0 Å². The SMILES string of the molecule is CC(C)c1cccc(NC(=O)CN2C(=O)N[C@@H](c3cccc(Cl)c3)C3=C2COC3=O)c1. The van der Waals surface area contributed by atoms with E-state index in [0.717, 1.165) is 5.56 Å². The first-order valence-corrected chi connectivity index (χ1v) is 10.3. The van der Waals surface area contributed by atoms with Crippen LogP contribution in [0.4, 0.5) is 10.5 Å². The van der Waals surface area contributed by atoms with Gasteiger partial charge >= 0.3 is 12.0 Å². The number of esters is 1. The van der Waals surface area contributed by atoms with Crippen LogP contribution < -0.4 is 10.6 Å². The summed E-state index contributed by atoms with van der Waals surface area (Å²) in [4.78, 5) is 39.2. The summed E-state index contributed by atoms with van der Waals surface area (Å²) < 4.78 is 5.19. The van der Waals surface area contributed by atoms with E-state index in [-0.39, 0.29) is 19.1 Å². The maximum atomic E-state index is 12.8. The number of hydrogen-bond donors (Lipinski definition) is 2. The molecule has 2 aromatic carbocycles. The van der Waals surface area contributed by atoms with Crippen molar-refractivity contribution in [1.82, 2.24) is 10.2 Å². The van der Waals surface area contributed by atoms with E-state index < -0.39 is 18.0 Å². The van der Waals surface area contributed by atoms with Crippen LogP contribution in [0.5, 0.6) is 0 Å². The molecule has 0 fully saturated rings. The van der Waals surface area contributed by atoms with Gasteiger partial charge in [-0.2, -0.15) is 0 Å². The molecular formula is C23H22ClN3O4. The second kappa shape index (κ2) is 8.43. The Morgan fingerprint density at radius 2 is 2.00 bits per heavy atom. The quantitative estimate of drug-likeness (QED) is 0.690. The van der Waals surface area contributed by atoms with Crippen LogP contribution in [0.15, 0.2) is 59.8 Å². The van der Waals surface area contributed by atoms with Crippen molar-refractivity contribution in [2.24, 2.45) is 0 Å². The standard InChI is InChI=1S/C23H22ClN3O4/c1-13(2)14-5-4-8-17(10-14)25-19(28)11-27-18-12-31-22(29)20(18)21(26-23(27)30)15-6-3-7-16(24)9-15/h3-10,13,21H,11-12H2,1-2H3,(H,25,28)(H,26,30)/t21-/m0/s1. The molecule has 0 radical (unpaired) electrons. The Kier molecular flexibility index (Phi) is 5.69. The number of carbonyl (C=O) groups excluding carboxylic acids is 3. The van der Waals surface area contributed by atoms with Crippen molar-refractivity contribution in [3.63, 3.8) is 0 Å². The van der Waals surface area contributed by atoms with E-state index in [2.05, 4.69) is 24.5 Å². The Hall–Kier alpha value is -3.32. The monoisotopic (exact) mass is 439 g/mol. The number of nitrogens with zero attached hydrogens (tertiary/aromatic N) is 1. The third-order valence-electron chi connectivity index (χ3n) is 5.32. The van der Waals surface area contributed by atoms with Gasteiger partial charge in [-0.15, -0.1) is 0 Å². The predicted octanol–water partition coefficient (Wildman–Crippen LogP) is 3.98. The Morgan fingerprint density at radius 1 is 1.23 bits per heavy atom. The Balaban J connectivity index is 1.57. The normalized spacial score (nSPS) is 18.1. The second-order valence-electron chi connectivity index (χ2n) is 7.79. The van der Waals surface area contributed by atoms with Gasteiger partial charge in [-0.3, -0.25) is 9.69 Å². The number of benzene rings is 2. The summed E-state index contributed by atoms with van der Waals surface area (Å²) in [5, 5.41) is 6.11. The highest BCUT2D eigenvalue weighted by Crippen LogP contribution is 2.35. The maximum Gasteiger partial charge on any atom is 0.338 e. The zero-order valence-electron chi connectivity index (χ0n) is 17.1. The molecule has 2 heterocycles. The zero-order chi connectivity index (χ0) is 22.1.